The quantitative estimate of drug-likeness (QED) is 0.236. The van der Waals surface area contributed by atoms with Gasteiger partial charge in [-0.3, -0.25) is 4.79 Å². The van der Waals surface area contributed by atoms with Crippen molar-refractivity contribution in [3.8, 4) is 0 Å². The zero-order valence-corrected chi connectivity index (χ0v) is 15.3. The van der Waals surface area contributed by atoms with Crippen LogP contribution in [0.15, 0.2) is 29.4 Å². The second-order valence-corrected chi connectivity index (χ2v) is 6.36. The first-order chi connectivity index (χ1) is 11.7. The number of nitrogens with one attached hydrogen (secondary N) is 1. The Kier molecular flexibility index (Phi) is 10.6. The molecule has 0 saturated heterocycles. The molecule has 3 N–H and O–H groups in total. The van der Waals surface area contributed by atoms with Crippen molar-refractivity contribution < 1.29 is 4.79 Å². The fourth-order valence-electron chi connectivity index (χ4n) is 2.58. The predicted molar refractivity (Wildman–Crippen MR) is 103 cm³/mol. The highest BCUT2D eigenvalue weighted by Crippen LogP contribution is 2.10. The number of rotatable bonds is 12. The molecular weight excluding hydrogens is 298 g/mol. The first kappa shape index (κ1) is 20.2. The minimum Gasteiger partial charge on any atom is -0.399 e. The number of nitrogens with zero attached hydrogens (tertiary/aromatic N) is 1. The SMILES string of the molecule is CCCCCCC(CCCCCC)=NNC(=O)c1ccc(N)cc1. The summed E-state index contributed by atoms with van der Waals surface area (Å²) in [7, 11) is 0. The van der Waals surface area contributed by atoms with Crippen LogP contribution in [0.1, 0.15) is 88.4 Å². The molecule has 0 bridgehead atoms. The third-order valence-electron chi connectivity index (χ3n) is 4.13. The predicted octanol–water partition coefficient (Wildman–Crippen LogP) is 5.30. The van der Waals surface area contributed by atoms with Gasteiger partial charge in [0.15, 0.2) is 0 Å². The van der Waals surface area contributed by atoms with Gasteiger partial charge >= 0.3 is 0 Å². The van der Waals surface area contributed by atoms with E-state index in [1.807, 2.05) is 0 Å². The van der Waals surface area contributed by atoms with Crippen LogP contribution < -0.4 is 11.2 Å². The van der Waals surface area contributed by atoms with Crippen molar-refractivity contribution in [3.05, 3.63) is 29.8 Å². The smallest absolute Gasteiger partial charge is 0.271 e. The summed E-state index contributed by atoms with van der Waals surface area (Å²) in [6, 6.07) is 6.91. The van der Waals surface area contributed by atoms with Gasteiger partial charge in [0.05, 0.1) is 0 Å². The monoisotopic (exact) mass is 331 g/mol. The Hall–Kier alpha value is -1.84. The maximum Gasteiger partial charge on any atom is 0.271 e. The molecule has 1 amide bonds. The maximum atomic E-state index is 12.2. The van der Waals surface area contributed by atoms with Crippen molar-refractivity contribution in [2.24, 2.45) is 5.10 Å². The number of nitrogens with two attached hydrogens (primary N) is 1. The molecule has 0 atom stereocenters. The van der Waals surface area contributed by atoms with Gasteiger partial charge in [-0.2, -0.15) is 5.10 Å². The van der Waals surface area contributed by atoms with Gasteiger partial charge in [0.25, 0.3) is 5.91 Å². The van der Waals surface area contributed by atoms with Crippen LogP contribution in [0.4, 0.5) is 5.69 Å². The molecule has 4 heteroatoms. The van der Waals surface area contributed by atoms with Gasteiger partial charge < -0.3 is 5.73 Å². The van der Waals surface area contributed by atoms with Gasteiger partial charge in [0.1, 0.15) is 0 Å². The number of hydrazone groups is 1. The van der Waals surface area contributed by atoms with Crippen molar-refractivity contribution in [2.45, 2.75) is 78.1 Å². The van der Waals surface area contributed by atoms with E-state index < -0.39 is 0 Å². The Bertz CT molecular complexity index is 480. The highest BCUT2D eigenvalue weighted by Gasteiger charge is 2.06. The summed E-state index contributed by atoms with van der Waals surface area (Å²) >= 11 is 0. The van der Waals surface area contributed by atoms with Crippen molar-refractivity contribution in [1.82, 2.24) is 5.43 Å². The molecule has 134 valence electrons. The zero-order valence-electron chi connectivity index (χ0n) is 15.3. The Morgan fingerprint density at radius 2 is 1.46 bits per heavy atom. The van der Waals surface area contributed by atoms with E-state index in [-0.39, 0.29) is 5.91 Å². The number of nitrogen functional groups attached to an aromatic ring is 1. The molecule has 1 aromatic carbocycles. The number of carbonyl (C=O) groups is 1. The molecule has 0 fully saturated rings. The molecule has 1 rings (SSSR count). The van der Waals surface area contributed by atoms with Gasteiger partial charge in [-0.25, -0.2) is 5.43 Å². The Morgan fingerprint density at radius 3 is 1.96 bits per heavy atom. The van der Waals surface area contributed by atoms with E-state index in [1.165, 1.54) is 38.5 Å². The number of hydrogen-bond donors (Lipinski definition) is 2. The number of anilines is 1. The van der Waals surface area contributed by atoms with Gasteiger partial charge in [-0.15, -0.1) is 0 Å². The number of carbonyl (C=O) groups excluding carboxylic acids is 1. The topological polar surface area (TPSA) is 67.5 Å². The molecule has 0 spiro atoms. The Morgan fingerprint density at radius 1 is 0.917 bits per heavy atom. The fraction of sp³-hybridized carbons (Fsp3) is 0.600. The van der Waals surface area contributed by atoms with Crippen LogP contribution in [0.2, 0.25) is 0 Å². The average Bonchev–Trinajstić information content (AvgIpc) is 2.59. The van der Waals surface area contributed by atoms with Gasteiger partial charge in [0.2, 0.25) is 0 Å². The summed E-state index contributed by atoms with van der Waals surface area (Å²) in [5.74, 6) is -0.172. The van der Waals surface area contributed by atoms with Crippen LogP contribution in [0.5, 0.6) is 0 Å². The van der Waals surface area contributed by atoms with Crippen LogP contribution >= 0.6 is 0 Å². The van der Waals surface area contributed by atoms with Crippen LogP contribution in [0.25, 0.3) is 0 Å². The minimum absolute atomic E-state index is 0.172. The summed E-state index contributed by atoms with van der Waals surface area (Å²) in [5, 5.41) is 4.40. The average molecular weight is 332 g/mol. The number of amides is 1. The normalized spacial score (nSPS) is 10.4. The first-order valence-electron chi connectivity index (χ1n) is 9.38. The molecule has 0 aliphatic carbocycles. The summed E-state index contributed by atoms with van der Waals surface area (Å²) in [6.07, 6.45) is 11.7. The van der Waals surface area contributed by atoms with Crippen molar-refractivity contribution in [3.63, 3.8) is 0 Å². The first-order valence-corrected chi connectivity index (χ1v) is 9.38. The van der Waals surface area contributed by atoms with Crippen molar-refractivity contribution in [2.75, 3.05) is 5.73 Å². The molecule has 0 aliphatic rings. The molecule has 0 saturated carbocycles. The molecule has 0 aromatic heterocycles. The third kappa shape index (κ3) is 8.70. The minimum atomic E-state index is -0.172. The second-order valence-electron chi connectivity index (χ2n) is 6.36. The highest BCUT2D eigenvalue weighted by atomic mass is 16.2. The maximum absolute atomic E-state index is 12.2. The zero-order chi connectivity index (χ0) is 17.6. The van der Waals surface area contributed by atoms with E-state index in [4.69, 9.17) is 5.73 Å². The number of hydrogen-bond acceptors (Lipinski definition) is 3. The third-order valence-corrected chi connectivity index (χ3v) is 4.13. The van der Waals surface area contributed by atoms with Gasteiger partial charge in [-0.05, 0) is 49.9 Å². The molecule has 0 unspecified atom stereocenters. The molecular formula is C20H33N3O. The summed E-state index contributed by atoms with van der Waals surface area (Å²) in [5.41, 5.74) is 10.7. The summed E-state index contributed by atoms with van der Waals surface area (Å²) in [4.78, 5) is 12.2. The second kappa shape index (κ2) is 12.6. The molecule has 0 aliphatic heterocycles. The lowest BCUT2D eigenvalue weighted by Gasteiger charge is -2.08. The van der Waals surface area contributed by atoms with E-state index >= 15 is 0 Å². The van der Waals surface area contributed by atoms with E-state index in [9.17, 15) is 4.79 Å². The van der Waals surface area contributed by atoms with Crippen molar-refractivity contribution >= 4 is 17.3 Å². The summed E-state index contributed by atoms with van der Waals surface area (Å²) in [6.45, 7) is 4.43. The fourth-order valence-corrected chi connectivity index (χ4v) is 2.58. The molecule has 0 radical (unpaired) electrons. The Labute approximate surface area is 146 Å². The van der Waals surface area contributed by atoms with Gasteiger partial charge in [0, 0.05) is 17.0 Å². The standard InChI is InChI=1S/C20H33N3O/c1-3-5-7-9-11-19(12-10-8-6-4-2)22-23-20(24)17-13-15-18(21)16-14-17/h13-16H,3-12,21H2,1-2H3,(H,23,24). The van der Waals surface area contributed by atoms with Crippen LogP contribution in [-0.2, 0) is 0 Å². The molecule has 0 heterocycles. The van der Waals surface area contributed by atoms with E-state index in [0.29, 0.717) is 11.3 Å². The molecule has 4 nitrogen and oxygen atoms in total. The summed E-state index contributed by atoms with van der Waals surface area (Å²) < 4.78 is 0. The number of unbranched alkanes of at least 4 members (excludes halogenated alkanes) is 6. The number of benzene rings is 1. The molecule has 1 aromatic rings. The van der Waals surface area contributed by atoms with Gasteiger partial charge in [-0.1, -0.05) is 52.4 Å². The van der Waals surface area contributed by atoms with E-state index in [2.05, 4.69) is 24.4 Å². The lowest BCUT2D eigenvalue weighted by Crippen LogP contribution is -2.19. The van der Waals surface area contributed by atoms with E-state index in [0.717, 1.165) is 31.4 Å². The molecule has 24 heavy (non-hydrogen) atoms. The van der Waals surface area contributed by atoms with Crippen LogP contribution in [0, 0.1) is 0 Å². The van der Waals surface area contributed by atoms with Crippen LogP contribution in [-0.4, -0.2) is 11.6 Å². The van der Waals surface area contributed by atoms with E-state index in [1.54, 1.807) is 24.3 Å². The lowest BCUT2D eigenvalue weighted by molar-refractivity contribution is 0.0954. The lowest BCUT2D eigenvalue weighted by atomic mass is 10.0. The largest absolute Gasteiger partial charge is 0.399 e. The van der Waals surface area contributed by atoms with Crippen LogP contribution in [0.3, 0.4) is 0 Å². The Balaban J connectivity index is 2.53. The van der Waals surface area contributed by atoms with Crippen molar-refractivity contribution in [1.29, 1.82) is 0 Å². The highest BCUT2D eigenvalue weighted by molar-refractivity contribution is 5.95.